The van der Waals surface area contributed by atoms with Gasteiger partial charge in [0.15, 0.2) is 0 Å². The van der Waals surface area contributed by atoms with Gasteiger partial charge in [-0.2, -0.15) is 0 Å². The Bertz CT molecular complexity index is 303. The summed E-state index contributed by atoms with van der Waals surface area (Å²) >= 11 is 0. The molecule has 0 aliphatic carbocycles. The zero-order chi connectivity index (χ0) is 15.7. The first kappa shape index (κ1) is 18.9. The van der Waals surface area contributed by atoms with E-state index in [9.17, 15) is 9.59 Å². The second kappa shape index (κ2) is 9.75. The minimum atomic E-state index is -0.457. The van der Waals surface area contributed by atoms with Crippen molar-refractivity contribution in [1.82, 2.24) is 4.90 Å². The molecule has 2 amide bonds. The van der Waals surface area contributed by atoms with Crippen LogP contribution in [0.25, 0.3) is 0 Å². The number of hydrogen-bond acceptors (Lipinski definition) is 3. The number of rotatable bonds is 10. The molecule has 5 nitrogen and oxygen atoms in total. The highest BCUT2D eigenvalue weighted by molar-refractivity contribution is 5.83. The molecule has 0 saturated heterocycles. The van der Waals surface area contributed by atoms with Crippen molar-refractivity contribution in [2.45, 2.75) is 47.0 Å². The van der Waals surface area contributed by atoms with Crippen molar-refractivity contribution < 1.29 is 9.59 Å². The van der Waals surface area contributed by atoms with Crippen molar-refractivity contribution >= 4 is 11.8 Å². The lowest BCUT2D eigenvalue weighted by atomic mass is 9.88. The molecule has 5 heteroatoms. The first-order valence-electron chi connectivity index (χ1n) is 7.54. The maximum absolute atomic E-state index is 12.2. The van der Waals surface area contributed by atoms with Gasteiger partial charge in [-0.1, -0.05) is 27.7 Å². The Hall–Kier alpha value is -1.10. The fraction of sp³-hybridized carbons (Fsp3) is 0.867. The van der Waals surface area contributed by atoms with Gasteiger partial charge in [0.2, 0.25) is 11.8 Å². The molecule has 0 fully saturated rings. The van der Waals surface area contributed by atoms with Crippen molar-refractivity contribution in [1.29, 1.82) is 0 Å². The zero-order valence-corrected chi connectivity index (χ0v) is 13.4. The Balaban J connectivity index is 4.46. The van der Waals surface area contributed by atoms with Gasteiger partial charge in [-0.3, -0.25) is 9.59 Å². The van der Waals surface area contributed by atoms with Crippen LogP contribution in [0, 0.1) is 17.8 Å². The van der Waals surface area contributed by atoms with E-state index in [1.54, 1.807) is 4.90 Å². The zero-order valence-electron chi connectivity index (χ0n) is 13.4. The van der Waals surface area contributed by atoms with Crippen LogP contribution in [0.4, 0.5) is 0 Å². The molecule has 0 aromatic rings. The van der Waals surface area contributed by atoms with E-state index in [4.69, 9.17) is 11.5 Å². The molecule has 0 aliphatic rings. The van der Waals surface area contributed by atoms with Crippen LogP contribution in [0.3, 0.4) is 0 Å². The quantitative estimate of drug-likeness (QED) is 0.635. The molecule has 0 aliphatic heterocycles. The summed E-state index contributed by atoms with van der Waals surface area (Å²) in [4.78, 5) is 24.9. The van der Waals surface area contributed by atoms with Crippen molar-refractivity contribution in [2.75, 3.05) is 19.6 Å². The van der Waals surface area contributed by atoms with Crippen LogP contribution in [0.1, 0.15) is 47.0 Å². The van der Waals surface area contributed by atoms with Gasteiger partial charge in [0, 0.05) is 13.0 Å². The lowest BCUT2D eigenvalue weighted by Crippen LogP contribution is -2.40. The van der Waals surface area contributed by atoms with Crippen LogP contribution in [0.5, 0.6) is 0 Å². The summed E-state index contributed by atoms with van der Waals surface area (Å²) in [6.45, 7) is 9.58. The highest BCUT2D eigenvalue weighted by Crippen LogP contribution is 2.21. The Morgan fingerprint density at radius 3 is 2.10 bits per heavy atom. The molecule has 0 heterocycles. The predicted octanol–water partition coefficient (Wildman–Crippen LogP) is 1.36. The first-order chi connectivity index (χ1) is 9.27. The lowest BCUT2D eigenvalue weighted by molar-refractivity contribution is -0.136. The Morgan fingerprint density at radius 2 is 1.70 bits per heavy atom. The number of nitrogens with two attached hydrogens (primary N) is 2. The van der Waals surface area contributed by atoms with Gasteiger partial charge < -0.3 is 16.4 Å². The van der Waals surface area contributed by atoms with E-state index in [0.717, 1.165) is 12.8 Å². The van der Waals surface area contributed by atoms with E-state index in [1.807, 2.05) is 13.8 Å². The van der Waals surface area contributed by atoms with E-state index >= 15 is 0 Å². The maximum atomic E-state index is 12.2. The molecule has 118 valence electrons. The number of primary amides is 1. The smallest absolute Gasteiger partial charge is 0.237 e. The minimum absolute atomic E-state index is 0.0140. The summed E-state index contributed by atoms with van der Waals surface area (Å²) in [6.07, 6.45) is 2.22. The van der Waals surface area contributed by atoms with Gasteiger partial charge in [0.25, 0.3) is 0 Å². The van der Waals surface area contributed by atoms with Crippen molar-refractivity contribution in [2.24, 2.45) is 29.2 Å². The topological polar surface area (TPSA) is 89.4 Å². The van der Waals surface area contributed by atoms with E-state index in [0.29, 0.717) is 37.3 Å². The lowest BCUT2D eigenvalue weighted by Gasteiger charge is -2.25. The van der Waals surface area contributed by atoms with Crippen LogP contribution in [0.2, 0.25) is 0 Å². The van der Waals surface area contributed by atoms with E-state index < -0.39 is 5.91 Å². The van der Waals surface area contributed by atoms with Crippen molar-refractivity contribution in [3.05, 3.63) is 0 Å². The van der Waals surface area contributed by atoms with Gasteiger partial charge in [0.1, 0.15) is 0 Å². The second-order valence-corrected chi connectivity index (χ2v) is 6.25. The minimum Gasteiger partial charge on any atom is -0.368 e. The van der Waals surface area contributed by atoms with Gasteiger partial charge in [-0.25, -0.2) is 0 Å². The van der Waals surface area contributed by atoms with E-state index in [2.05, 4.69) is 13.8 Å². The third-order valence-corrected chi connectivity index (χ3v) is 3.49. The van der Waals surface area contributed by atoms with Gasteiger partial charge in [-0.05, 0) is 37.1 Å². The Labute approximate surface area is 123 Å². The van der Waals surface area contributed by atoms with Crippen LogP contribution in [-0.2, 0) is 9.59 Å². The fourth-order valence-electron chi connectivity index (χ4n) is 2.38. The summed E-state index contributed by atoms with van der Waals surface area (Å²) in [5.74, 6) is 0.851. The standard InChI is InChI=1S/C15H31N3O2/c1-11(2)9-18(10-14(17)19)15(20)6-5-13(7-8-16)12(3)4/h11-13H,5-10,16H2,1-4H3,(H2,17,19). The monoisotopic (exact) mass is 285 g/mol. The summed E-state index contributed by atoms with van der Waals surface area (Å²) in [5.41, 5.74) is 10.8. The number of amides is 2. The van der Waals surface area contributed by atoms with Crippen LogP contribution in [0.15, 0.2) is 0 Å². The van der Waals surface area contributed by atoms with Crippen molar-refractivity contribution in [3.63, 3.8) is 0 Å². The number of nitrogens with zero attached hydrogens (tertiary/aromatic N) is 1. The highest BCUT2D eigenvalue weighted by atomic mass is 16.2. The Kier molecular flexibility index (Phi) is 9.21. The van der Waals surface area contributed by atoms with Crippen molar-refractivity contribution in [3.8, 4) is 0 Å². The molecule has 0 aromatic heterocycles. The molecular weight excluding hydrogens is 254 g/mol. The van der Waals surface area contributed by atoms with Crippen LogP contribution < -0.4 is 11.5 Å². The van der Waals surface area contributed by atoms with Gasteiger partial charge in [-0.15, -0.1) is 0 Å². The molecule has 0 aromatic carbocycles. The summed E-state index contributed by atoms with van der Waals surface area (Å²) < 4.78 is 0. The normalized spacial score (nSPS) is 12.8. The molecular formula is C15H31N3O2. The third-order valence-electron chi connectivity index (χ3n) is 3.49. The predicted molar refractivity (Wildman–Crippen MR) is 81.8 cm³/mol. The summed E-state index contributed by atoms with van der Waals surface area (Å²) in [6, 6.07) is 0. The molecule has 0 saturated carbocycles. The molecule has 4 N–H and O–H groups in total. The highest BCUT2D eigenvalue weighted by Gasteiger charge is 2.20. The van der Waals surface area contributed by atoms with E-state index in [-0.39, 0.29) is 12.5 Å². The van der Waals surface area contributed by atoms with Gasteiger partial charge in [0.05, 0.1) is 6.54 Å². The number of carbonyl (C=O) groups excluding carboxylic acids is 2. The fourth-order valence-corrected chi connectivity index (χ4v) is 2.38. The average Bonchev–Trinajstić information content (AvgIpc) is 2.31. The molecule has 1 atom stereocenters. The largest absolute Gasteiger partial charge is 0.368 e. The van der Waals surface area contributed by atoms with Crippen LogP contribution >= 0.6 is 0 Å². The Morgan fingerprint density at radius 1 is 1.10 bits per heavy atom. The SMILES string of the molecule is CC(C)CN(CC(N)=O)C(=O)CCC(CCN)C(C)C. The average molecular weight is 285 g/mol. The molecule has 20 heavy (non-hydrogen) atoms. The second-order valence-electron chi connectivity index (χ2n) is 6.25. The van der Waals surface area contributed by atoms with Gasteiger partial charge >= 0.3 is 0 Å². The molecule has 0 spiro atoms. The molecule has 0 bridgehead atoms. The molecule has 0 radical (unpaired) electrons. The summed E-state index contributed by atoms with van der Waals surface area (Å²) in [5, 5.41) is 0. The van der Waals surface area contributed by atoms with Crippen LogP contribution in [-0.4, -0.2) is 36.3 Å². The molecule has 1 unspecified atom stereocenters. The first-order valence-corrected chi connectivity index (χ1v) is 7.54. The molecule has 0 rings (SSSR count). The number of hydrogen-bond donors (Lipinski definition) is 2. The number of carbonyl (C=O) groups is 2. The maximum Gasteiger partial charge on any atom is 0.237 e. The third kappa shape index (κ3) is 8.15. The summed E-state index contributed by atoms with van der Waals surface area (Å²) in [7, 11) is 0. The van der Waals surface area contributed by atoms with E-state index in [1.165, 1.54) is 0 Å².